The molecule has 1 aromatic carbocycles. The van der Waals surface area contributed by atoms with E-state index in [1.807, 2.05) is 13.8 Å². The third-order valence-corrected chi connectivity index (χ3v) is 5.89. The SMILES string of the molecule is CC(C)(N)CNC(=O)Cc1ccc(S(=O)(=O)N2CCCCC2)cc1. The van der Waals surface area contributed by atoms with Gasteiger partial charge in [-0.2, -0.15) is 4.31 Å². The number of hydrogen-bond acceptors (Lipinski definition) is 4. The number of rotatable bonds is 6. The van der Waals surface area contributed by atoms with Crippen LogP contribution in [0.3, 0.4) is 0 Å². The molecule has 24 heavy (non-hydrogen) atoms. The smallest absolute Gasteiger partial charge is 0.243 e. The van der Waals surface area contributed by atoms with Gasteiger partial charge in [0, 0.05) is 25.2 Å². The van der Waals surface area contributed by atoms with Crippen LogP contribution in [0.2, 0.25) is 0 Å². The molecule has 0 radical (unpaired) electrons. The van der Waals surface area contributed by atoms with Crippen molar-refractivity contribution < 1.29 is 13.2 Å². The van der Waals surface area contributed by atoms with Crippen molar-refractivity contribution in [1.29, 1.82) is 0 Å². The molecule has 1 amide bonds. The quantitative estimate of drug-likeness (QED) is 0.805. The van der Waals surface area contributed by atoms with E-state index in [0.29, 0.717) is 19.6 Å². The molecule has 1 aromatic rings. The minimum absolute atomic E-state index is 0.125. The monoisotopic (exact) mass is 353 g/mol. The summed E-state index contributed by atoms with van der Waals surface area (Å²) in [7, 11) is -3.42. The molecule has 0 atom stereocenters. The fraction of sp³-hybridized carbons (Fsp3) is 0.588. The van der Waals surface area contributed by atoms with Gasteiger partial charge in [0.05, 0.1) is 11.3 Å². The highest BCUT2D eigenvalue weighted by atomic mass is 32.2. The van der Waals surface area contributed by atoms with E-state index in [1.54, 1.807) is 28.6 Å². The molecular formula is C17H27N3O3S. The Labute approximate surface area is 144 Å². The van der Waals surface area contributed by atoms with Crippen LogP contribution in [0.5, 0.6) is 0 Å². The fourth-order valence-corrected chi connectivity index (χ4v) is 4.12. The summed E-state index contributed by atoms with van der Waals surface area (Å²) < 4.78 is 26.7. The number of sulfonamides is 1. The van der Waals surface area contributed by atoms with Gasteiger partial charge in [0.1, 0.15) is 0 Å². The van der Waals surface area contributed by atoms with Gasteiger partial charge >= 0.3 is 0 Å². The zero-order chi connectivity index (χ0) is 17.8. The van der Waals surface area contributed by atoms with Crippen LogP contribution >= 0.6 is 0 Å². The van der Waals surface area contributed by atoms with Crippen molar-refractivity contribution >= 4 is 15.9 Å². The van der Waals surface area contributed by atoms with Crippen molar-refractivity contribution in [2.45, 2.75) is 50.0 Å². The van der Waals surface area contributed by atoms with E-state index in [1.165, 1.54) is 0 Å². The second-order valence-electron chi connectivity index (χ2n) is 7.05. The van der Waals surface area contributed by atoms with Gasteiger partial charge in [0.15, 0.2) is 0 Å². The van der Waals surface area contributed by atoms with E-state index in [4.69, 9.17) is 5.73 Å². The predicted octanol–water partition coefficient (Wildman–Crippen LogP) is 1.26. The molecule has 1 aliphatic heterocycles. The van der Waals surface area contributed by atoms with Crippen molar-refractivity contribution in [3.8, 4) is 0 Å². The Morgan fingerprint density at radius 1 is 1.17 bits per heavy atom. The standard InChI is InChI=1S/C17H27N3O3S/c1-17(2,18)13-19-16(21)12-14-6-8-15(9-7-14)24(22,23)20-10-4-3-5-11-20/h6-9H,3-5,10-13,18H2,1-2H3,(H,19,21). The molecule has 1 aliphatic rings. The predicted molar refractivity (Wildman–Crippen MR) is 94.0 cm³/mol. The summed E-state index contributed by atoms with van der Waals surface area (Å²) in [5, 5.41) is 2.78. The summed E-state index contributed by atoms with van der Waals surface area (Å²) in [6.45, 7) is 5.25. The molecule has 0 aromatic heterocycles. The van der Waals surface area contributed by atoms with Crippen LogP contribution in [-0.2, 0) is 21.2 Å². The van der Waals surface area contributed by atoms with E-state index in [9.17, 15) is 13.2 Å². The number of carbonyl (C=O) groups is 1. The Kier molecular flexibility index (Phi) is 6.01. The van der Waals surface area contributed by atoms with Crippen LogP contribution in [0.1, 0.15) is 38.7 Å². The third kappa shape index (κ3) is 5.29. The summed E-state index contributed by atoms with van der Waals surface area (Å²) in [6, 6.07) is 6.56. The lowest BCUT2D eigenvalue weighted by Gasteiger charge is -2.25. The highest BCUT2D eigenvalue weighted by Crippen LogP contribution is 2.20. The summed E-state index contributed by atoms with van der Waals surface area (Å²) in [4.78, 5) is 12.2. The number of nitrogens with one attached hydrogen (secondary N) is 1. The highest BCUT2D eigenvalue weighted by molar-refractivity contribution is 7.89. The van der Waals surface area contributed by atoms with Crippen LogP contribution in [0, 0.1) is 0 Å². The second kappa shape index (κ2) is 7.63. The van der Waals surface area contributed by atoms with Gasteiger partial charge in [-0.05, 0) is 44.4 Å². The molecule has 0 spiro atoms. The minimum Gasteiger partial charge on any atom is -0.354 e. The largest absolute Gasteiger partial charge is 0.354 e. The number of benzene rings is 1. The molecule has 0 saturated carbocycles. The first-order valence-corrected chi connectivity index (χ1v) is 9.77. The van der Waals surface area contributed by atoms with Gasteiger partial charge in [-0.25, -0.2) is 8.42 Å². The number of amides is 1. The van der Waals surface area contributed by atoms with Gasteiger partial charge in [0.25, 0.3) is 0 Å². The average molecular weight is 353 g/mol. The highest BCUT2D eigenvalue weighted by Gasteiger charge is 2.25. The van der Waals surface area contributed by atoms with Gasteiger partial charge in [-0.1, -0.05) is 18.6 Å². The number of piperidine rings is 1. The fourth-order valence-electron chi connectivity index (χ4n) is 2.61. The zero-order valence-corrected chi connectivity index (χ0v) is 15.2. The van der Waals surface area contributed by atoms with Crippen LogP contribution in [-0.4, -0.2) is 43.8 Å². The molecule has 0 bridgehead atoms. The van der Waals surface area contributed by atoms with Gasteiger partial charge < -0.3 is 11.1 Å². The molecule has 7 heteroatoms. The van der Waals surface area contributed by atoms with E-state index in [0.717, 1.165) is 24.8 Å². The lowest BCUT2D eigenvalue weighted by molar-refractivity contribution is -0.120. The molecular weight excluding hydrogens is 326 g/mol. The third-order valence-electron chi connectivity index (χ3n) is 3.98. The summed E-state index contributed by atoms with van der Waals surface area (Å²) in [6.07, 6.45) is 3.11. The van der Waals surface area contributed by atoms with Crippen LogP contribution < -0.4 is 11.1 Å². The van der Waals surface area contributed by atoms with Gasteiger partial charge in [0.2, 0.25) is 15.9 Å². The summed E-state index contributed by atoms with van der Waals surface area (Å²) in [5.74, 6) is -0.125. The van der Waals surface area contributed by atoms with Crippen molar-refractivity contribution in [1.82, 2.24) is 9.62 Å². The first kappa shape index (κ1) is 18.9. The summed E-state index contributed by atoms with van der Waals surface area (Å²) in [5.41, 5.74) is 6.15. The maximum absolute atomic E-state index is 12.6. The van der Waals surface area contributed by atoms with Gasteiger partial charge in [-0.15, -0.1) is 0 Å². The van der Waals surface area contributed by atoms with Crippen LogP contribution in [0.25, 0.3) is 0 Å². The van der Waals surface area contributed by atoms with E-state index in [-0.39, 0.29) is 17.2 Å². The zero-order valence-electron chi connectivity index (χ0n) is 14.4. The first-order chi connectivity index (χ1) is 11.2. The van der Waals surface area contributed by atoms with Crippen LogP contribution in [0.15, 0.2) is 29.2 Å². The molecule has 0 aliphatic carbocycles. The maximum Gasteiger partial charge on any atom is 0.243 e. The average Bonchev–Trinajstić information content (AvgIpc) is 2.54. The Morgan fingerprint density at radius 3 is 2.29 bits per heavy atom. The second-order valence-corrected chi connectivity index (χ2v) is 8.99. The Bertz CT molecular complexity index is 657. The van der Waals surface area contributed by atoms with Crippen molar-refractivity contribution in [2.75, 3.05) is 19.6 Å². The molecule has 3 N–H and O–H groups in total. The van der Waals surface area contributed by atoms with Crippen molar-refractivity contribution in [3.05, 3.63) is 29.8 Å². The number of nitrogens with two attached hydrogens (primary N) is 1. The molecule has 6 nitrogen and oxygen atoms in total. The van der Waals surface area contributed by atoms with Gasteiger partial charge in [-0.3, -0.25) is 4.79 Å². The molecule has 2 rings (SSSR count). The molecule has 0 unspecified atom stereocenters. The number of nitrogens with zero attached hydrogens (tertiary/aromatic N) is 1. The van der Waals surface area contributed by atoms with Crippen molar-refractivity contribution in [3.63, 3.8) is 0 Å². The first-order valence-electron chi connectivity index (χ1n) is 8.33. The van der Waals surface area contributed by atoms with E-state index in [2.05, 4.69) is 5.32 Å². The summed E-state index contributed by atoms with van der Waals surface area (Å²) >= 11 is 0. The number of carbonyl (C=O) groups excluding carboxylic acids is 1. The maximum atomic E-state index is 12.6. The van der Waals surface area contributed by atoms with E-state index >= 15 is 0 Å². The molecule has 1 heterocycles. The Hall–Kier alpha value is -1.44. The Balaban J connectivity index is 1.98. The normalized spacial score (nSPS) is 16.8. The van der Waals surface area contributed by atoms with Crippen LogP contribution in [0.4, 0.5) is 0 Å². The Morgan fingerprint density at radius 2 is 1.75 bits per heavy atom. The van der Waals surface area contributed by atoms with E-state index < -0.39 is 15.6 Å². The molecule has 134 valence electrons. The lowest BCUT2D eigenvalue weighted by Crippen LogP contribution is -2.45. The molecule has 1 fully saturated rings. The number of hydrogen-bond donors (Lipinski definition) is 2. The lowest BCUT2D eigenvalue weighted by atomic mass is 10.1. The minimum atomic E-state index is -3.42. The molecule has 1 saturated heterocycles. The topological polar surface area (TPSA) is 92.5 Å². The van der Waals surface area contributed by atoms with Crippen molar-refractivity contribution in [2.24, 2.45) is 5.73 Å².